The number of amides is 1. The van der Waals surface area contributed by atoms with Crippen LogP contribution in [0.3, 0.4) is 0 Å². The third kappa shape index (κ3) is 2.21. The summed E-state index contributed by atoms with van der Waals surface area (Å²) in [5.41, 5.74) is 5.40. The topological polar surface area (TPSA) is 72.9 Å². The number of nitrogens with zero attached hydrogens (tertiary/aromatic N) is 2. The van der Waals surface area contributed by atoms with Crippen molar-refractivity contribution in [2.45, 2.75) is 25.4 Å². The van der Waals surface area contributed by atoms with Crippen molar-refractivity contribution in [2.75, 3.05) is 5.73 Å². The molecule has 0 bridgehead atoms. The van der Waals surface area contributed by atoms with Crippen LogP contribution in [-0.4, -0.2) is 21.5 Å². The minimum Gasteiger partial charge on any atom is -0.382 e. The van der Waals surface area contributed by atoms with E-state index in [-0.39, 0.29) is 5.91 Å². The smallest absolute Gasteiger partial charge is 0.240 e. The molecular weight excluding hydrogens is 168 g/mol. The number of carbonyl (C=O) groups excluding carboxylic acids is 1. The molecule has 1 amide bonds. The highest BCUT2D eigenvalue weighted by Gasteiger charge is 2.22. The van der Waals surface area contributed by atoms with Crippen LogP contribution in [0.15, 0.2) is 12.5 Å². The van der Waals surface area contributed by atoms with Crippen molar-refractivity contribution >= 4 is 11.7 Å². The second-order valence-electron chi connectivity index (χ2n) is 3.31. The minimum absolute atomic E-state index is 0.0277. The maximum absolute atomic E-state index is 11.3. The number of anilines is 1. The third-order valence-corrected chi connectivity index (χ3v) is 1.92. The van der Waals surface area contributed by atoms with Gasteiger partial charge in [0.05, 0.1) is 6.33 Å². The molecule has 1 aliphatic rings. The molecule has 5 nitrogen and oxygen atoms in total. The van der Waals surface area contributed by atoms with Gasteiger partial charge in [-0.15, -0.1) is 0 Å². The van der Waals surface area contributed by atoms with Gasteiger partial charge in [0.25, 0.3) is 0 Å². The van der Waals surface area contributed by atoms with E-state index in [4.69, 9.17) is 5.73 Å². The summed E-state index contributed by atoms with van der Waals surface area (Å²) >= 11 is 0. The summed E-state index contributed by atoms with van der Waals surface area (Å²) in [6, 6.07) is 0.411. The van der Waals surface area contributed by atoms with Crippen LogP contribution >= 0.6 is 0 Å². The molecule has 0 saturated heterocycles. The van der Waals surface area contributed by atoms with E-state index in [1.165, 1.54) is 0 Å². The van der Waals surface area contributed by atoms with E-state index in [0.29, 0.717) is 18.4 Å². The Balaban J connectivity index is 1.85. The van der Waals surface area contributed by atoms with Crippen LogP contribution in [0, 0.1) is 0 Å². The van der Waals surface area contributed by atoms with Crippen molar-refractivity contribution in [3.8, 4) is 0 Å². The maximum atomic E-state index is 11.3. The molecule has 0 unspecified atom stereocenters. The molecule has 1 saturated carbocycles. The standard InChI is InChI=1S/C8H12N4O/c9-7-3-12(5-10-7)4-8(13)11-6-1-2-6/h3,5-6H,1-2,4,9H2,(H,11,13). The summed E-state index contributed by atoms with van der Waals surface area (Å²) in [4.78, 5) is 15.1. The predicted molar refractivity (Wildman–Crippen MR) is 47.8 cm³/mol. The van der Waals surface area contributed by atoms with Gasteiger partial charge in [0, 0.05) is 12.2 Å². The van der Waals surface area contributed by atoms with Crippen molar-refractivity contribution in [2.24, 2.45) is 0 Å². The highest BCUT2D eigenvalue weighted by molar-refractivity contribution is 5.76. The van der Waals surface area contributed by atoms with E-state index in [9.17, 15) is 4.79 Å². The van der Waals surface area contributed by atoms with Gasteiger partial charge in [0.2, 0.25) is 5.91 Å². The van der Waals surface area contributed by atoms with Gasteiger partial charge in [-0.05, 0) is 12.8 Å². The van der Waals surface area contributed by atoms with Crippen molar-refractivity contribution in [3.05, 3.63) is 12.5 Å². The molecule has 1 heterocycles. The summed E-state index contributed by atoms with van der Waals surface area (Å²) in [7, 11) is 0. The zero-order valence-corrected chi connectivity index (χ0v) is 7.23. The lowest BCUT2D eigenvalue weighted by Crippen LogP contribution is -2.28. The van der Waals surface area contributed by atoms with E-state index in [1.807, 2.05) is 0 Å². The lowest BCUT2D eigenvalue weighted by molar-refractivity contribution is -0.121. The first-order valence-corrected chi connectivity index (χ1v) is 4.30. The van der Waals surface area contributed by atoms with Gasteiger partial charge in [-0.3, -0.25) is 4.79 Å². The van der Waals surface area contributed by atoms with Gasteiger partial charge in [0.15, 0.2) is 0 Å². The van der Waals surface area contributed by atoms with Gasteiger partial charge in [0.1, 0.15) is 12.4 Å². The molecule has 0 aliphatic heterocycles. The van der Waals surface area contributed by atoms with Crippen molar-refractivity contribution in [3.63, 3.8) is 0 Å². The Bertz CT molecular complexity index is 316. The number of rotatable bonds is 3. The van der Waals surface area contributed by atoms with Gasteiger partial charge in [-0.2, -0.15) is 0 Å². The van der Waals surface area contributed by atoms with Crippen LogP contribution in [0.5, 0.6) is 0 Å². The number of hydrogen-bond acceptors (Lipinski definition) is 3. The molecule has 1 aromatic rings. The number of hydrogen-bond donors (Lipinski definition) is 2. The number of carbonyl (C=O) groups is 1. The summed E-state index contributed by atoms with van der Waals surface area (Å²) in [6.45, 7) is 0.306. The first-order valence-electron chi connectivity index (χ1n) is 4.30. The third-order valence-electron chi connectivity index (χ3n) is 1.92. The fourth-order valence-corrected chi connectivity index (χ4v) is 1.13. The molecule has 0 radical (unpaired) electrons. The highest BCUT2D eigenvalue weighted by atomic mass is 16.2. The molecule has 0 atom stereocenters. The summed E-state index contributed by atoms with van der Waals surface area (Å²) in [6.07, 6.45) is 5.42. The Kier molecular flexibility index (Phi) is 1.92. The Morgan fingerprint density at radius 2 is 2.54 bits per heavy atom. The summed E-state index contributed by atoms with van der Waals surface area (Å²) in [5.74, 6) is 0.471. The van der Waals surface area contributed by atoms with Gasteiger partial charge >= 0.3 is 0 Å². The van der Waals surface area contributed by atoms with Crippen LogP contribution in [0.25, 0.3) is 0 Å². The Hall–Kier alpha value is -1.52. The van der Waals surface area contributed by atoms with Crippen LogP contribution in [0.1, 0.15) is 12.8 Å². The molecule has 3 N–H and O–H groups in total. The number of nitrogens with one attached hydrogen (secondary N) is 1. The maximum Gasteiger partial charge on any atom is 0.240 e. The minimum atomic E-state index is 0.0277. The highest BCUT2D eigenvalue weighted by Crippen LogP contribution is 2.18. The quantitative estimate of drug-likeness (QED) is 0.673. The van der Waals surface area contributed by atoms with Crippen molar-refractivity contribution in [1.29, 1.82) is 0 Å². The molecule has 1 aromatic heterocycles. The van der Waals surface area contributed by atoms with Crippen LogP contribution < -0.4 is 11.1 Å². The molecule has 1 aliphatic carbocycles. The average Bonchev–Trinajstić information content (AvgIpc) is 2.76. The van der Waals surface area contributed by atoms with E-state index in [0.717, 1.165) is 12.8 Å². The first-order chi connectivity index (χ1) is 6.24. The second-order valence-corrected chi connectivity index (χ2v) is 3.31. The average molecular weight is 180 g/mol. The normalized spacial score (nSPS) is 15.7. The zero-order valence-electron chi connectivity index (χ0n) is 7.23. The van der Waals surface area contributed by atoms with E-state index >= 15 is 0 Å². The fraction of sp³-hybridized carbons (Fsp3) is 0.500. The Labute approximate surface area is 75.9 Å². The monoisotopic (exact) mass is 180 g/mol. The number of nitrogens with two attached hydrogens (primary N) is 1. The van der Waals surface area contributed by atoms with Crippen LogP contribution in [-0.2, 0) is 11.3 Å². The van der Waals surface area contributed by atoms with Crippen molar-refractivity contribution in [1.82, 2.24) is 14.9 Å². The fourth-order valence-electron chi connectivity index (χ4n) is 1.13. The van der Waals surface area contributed by atoms with Gasteiger partial charge in [-0.1, -0.05) is 0 Å². The Morgan fingerprint density at radius 3 is 3.08 bits per heavy atom. The SMILES string of the molecule is Nc1cn(CC(=O)NC2CC2)cn1. The van der Waals surface area contributed by atoms with Gasteiger partial charge < -0.3 is 15.6 Å². The number of nitrogen functional groups attached to an aromatic ring is 1. The molecule has 2 rings (SSSR count). The largest absolute Gasteiger partial charge is 0.382 e. The molecule has 13 heavy (non-hydrogen) atoms. The Morgan fingerprint density at radius 1 is 1.77 bits per heavy atom. The molecule has 70 valence electrons. The van der Waals surface area contributed by atoms with Gasteiger partial charge in [-0.25, -0.2) is 4.98 Å². The number of imidazole rings is 1. The number of aromatic nitrogens is 2. The van der Waals surface area contributed by atoms with E-state index in [2.05, 4.69) is 10.3 Å². The lowest BCUT2D eigenvalue weighted by atomic mass is 10.5. The summed E-state index contributed by atoms with van der Waals surface area (Å²) < 4.78 is 1.67. The summed E-state index contributed by atoms with van der Waals surface area (Å²) in [5, 5.41) is 2.88. The van der Waals surface area contributed by atoms with E-state index in [1.54, 1.807) is 17.1 Å². The van der Waals surface area contributed by atoms with Crippen molar-refractivity contribution < 1.29 is 4.79 Å². The molecular formula is C8H12N4O. The molecule has 1 fully saturated rings. The lowest BCUT2D eigenvalue weighted by Gasteiger charge is -2.02. The van der Waals surface area contributed by atoms with Crippen LogP contribution in [0.4, 0.5) is 5.82 Å². The first kappa shape index (κ1) is 8.10. The van der Waals surface area contributed by atoms with E-state index < -0.39 is 0 Å². The second kappa shape index (κ2) is 3.08. The zero-order chi connectivity index (χ0) is 9.26. The molecule has 0 aromatic carbocycles. The van der Waals surface area contributed by atoms with Crippen LogP contribution in [0.2, 0.25) is 0 Å². The molecule has 0 spiro atoms. The predicted octanol–water partition coefficient (Wildman–Crippen LogP) is -0.256. The molecule has 5 heteroatoms.